The van der Waals surface area contributed by atoms with Gasteiger partial charge in [-0.15, -0.1) is 0 Å². The minimum atomic E-state index is 0.0889. The molecule has 0 bridgehead atoms. The van der Waals surface area contributed by atoms with Crippen LogP contribution in [-0.4, -0.2) is 25.0 Å². The van der Waals surface area contributed by atoms with E-state index in [-0.39, 0.29) is 5.91 Å². The predicted octanol–water partition coefficient (Wildman–Crippen LogP) is -0.0201. The predicted molar refractivity (Wildman–Crippen MR) is 63.1 cm³/mol. The molecule has 1 aromatic carbocycles. The first-order chi connectivity index (χ1) is 7.74. The van der Waals surface area contributed by atoms with Gasteiger partial charge in [0.15, 0.2) is 0 Å². The average Bonchev–Trinajstić information content (AvgIpc) is 2.66. The van der Waals surface area contributed by atoms with E-state index >= 15 is 0 Å². The molecule has 0 spiro atoms. The Bertz CT molecular complexity index is 350. The first kappa shape index (κ1) is 11.1. The first-order valence-electron chi connectivity index (χ1n) is 5.88. The third-order valence-electron chi connectivity index (χ3n) is 3.09. The maximum atomic E-state index is 10.9. The molecule has 0 aromatic heterocycles. The summed E-state index contributed by atoms with van der Waals surface area (Å²) in [7, 11) is 0. The van der Waals surface area contributed by atoms with Crippen molar-refractivity contribution in [3.63, 3.8) is 0 Å². The van der Waals surface area contributed by atoms with Crippen LogP contribution in [0.15, 0.2) is 30.3 Å². The summed E-state index contributed by atoms with van der Waals surface area (Å²) in [5.41, 5.74) is 1.38. The molecule has 2 rings (SSSR count). The van der Waals surface area contributed by atoms with Crippen LogP contribution in [0.3, 0.4) is 0 Å². The van der Waals surface area contributed by atoms with E-state index in [0.29, 0.717) is 6.04 Å². The molecule has 0 radical (unpaired) electrons. The highest BCUT2D eigenvalue weighted by Crippen LogP contribution is 1.98. The number of rotatable bonds is 3. The fourth-order valence-corrected chi connectivity index (χ4v) is 2.39. The van der Waals surface area contributed by atoms with Crippen molar-refractivity contribution in [1.29, 1.82) is 0 Å². The fourth-order valence-electron chi connectivity index (χ4n) is 2.39. The number of hydrogen-bond acceptors (Lipinski definition) is 1. The van der Waals surface area contributed by atoms with E-state index in [1.54, 1.807) is 11.8 Å². The molecule has 86 valence electrons. The summed E-state index contributed by atoms with van der Waals surface area (Å²) >= 11 is 0. The van der Waals surface area contributed by atoms with Gasteiger partial charge in [-0.1, -0.05) is 30.3 Å². The largest absolute Gasteiger partial charge is 0.348 e. The van der Waals surface area contributed by atoms with Gasteiger partial charge in [-0.25, -0.2) is 0 Å². The van der Waals surface area contributed by atoms with Crippen LogP contribution in [0, 0.1) is 0 Å². The van der Waals surface area contributed by atoms with E-state index in [9.17, 15) is 4.79 Å². The number of carbonyl (C=O) groups is 1. The molecule has 1 aromatic rings. The molecule has 1 heterocycles. The van der Waals surface area contributed by atoms with Gasteiger partial charge in [-0.2, -0.15) is 0 Å². The lowest BCUT2D eigenvalue weighted by Gasteiger charge is -2.13. The second kappa shape index (κ2) is 5.12. The molecule has 2 N–H and O–H groups in total. The molecule has 1 saturated heterocycles. The normalized spacial score (nSPS) is 24.3. The standard InChI is InChI=1S/C13H18N2O/c1-11(16)14-13-7-8-15(10-13)9-12-5-3-2-4-6-12/h2-6,13H,7-10H2,1H3,(H,14,16)/p+1/t13-/m0/s1. The zero-order valence-corrected chi connectivity index (χ0v) is 9.70. The molecular formula is C13H19N2O+. The topological polar surface area (TPSA) is 33.5 Å². The van der Waals surface area contributed by atoms with Gasteiger partial charge in [0.2, 0.25) is 5.91 Å². The lowest BCUT2D eigenvalue weighted by Crippen LogP contribution is -3.09. The van der Waals surface area contributed by atoms with Gasteiger partial charge < -0.3 is 10.2 Å². The Balaban J connectivity index is 1.83. The van der Waals surface area contributed by atoms with Crippen molar-refractivity contribution in [2.45, 2.75) is 25.9 Å². The van der Waals surface area contributed by atoms with Gasteiger partial charge in [-0.05, 0) is 0 Å². The van der Waals surface area contributed by atoms with Gasteiger partial charge in [0, 0.05) is 18.9 Å². The molecule has 16 heavy (non-hydrogen) atoms. The Morgan fingerprint density at radius 1 is 1.44 bits per heavy atom. The van der Waals surface area contributed by atoms with Crippen molar-refractivity contribution in [3.05, 3.63) is 35.9 Å². The maximum Gasteiger partial charge on any atom is 0.217 e. The van der Waals surface area contributed by atoms with E-state index in [4.69, 9.17) is 0 Å². The molecule has 3 heteroatoms. The van der Waals surface area contributed by atoms with Crippen molar-refractivity contribution in [2.24, 2.45) is 0 Å². The number of quaternary nitrogens is 1. The van der Waals surface area contributed by atoms with E-state index in [1.807, 2.05) is 6.07 Å². The summed E-state index contributed by atoms with van der Waals surface area (Å²) in [5, 5.41) is 3.00. The number of likely N-dealkylation sites (tertiary alicyclic amines) is 1. The molecule has 0 aliphatic carbocycles. The monoisotopic (exact) mass is 219 g/mol. The lowest BCUT2D eigenvalue weighted by atomic mass is 10.2. The Morgan fingerprint density at radius 2 is 2.19 bits per heavy atom. The molecule has 1 amide bonds. The quantitative estimate of drug-likeness (QED) is 0.736. The number of amides is 1. The van der Waals surface area contributed by atoms with E-state index in [1.165, 1.54) is 5.56 Å². The van der Waals surface area contributed by atoms with Crippen molar-refractivity contribution in [2.75, 3.05) is 13.1 Å². The molecule has 2 atom stereocenters. The lowest BCUT2D eigenvalue weighted by molar-refractivity contribution is -0.901. The number of carbonyl (C=O) groups excluding carboxylic acids is 1. The van der Waals surface area contributed by atoms with Crippen LogP contribution >= 0.6 is 0 Å². The second-order valence-corrected chi connectivity index (χ2v) is 4.55. The zero-order valence-electron chi connectivity index (χ0n) is 9.70. The SMILES string of the molecule is CC(=O)N[C@H]1CC[NH+](Cc2ccccc2)C1. The van der Waals surface area contributed by atoms with Gasteiger partial charge in [0.25, 0.3) is 0 Å². The summed E-state index contributed by atoms with van der Waals surface area (Å²) in [6, 6.07) is 10.9. The highest BCUT2D eigenvalue weighted by molar-refractivity contribution is 5.73. The summed E-state index contributed by atoms with van der Waals surface area (Å²) < 4.78 is 0. The van der Waals surface area contributed by atoms with Crippen molar-refractivity contribution in [1.82, 2.24) is 5.32 Å². The molecule has 1 aliphatic rings. The summed E-state index contributed by atoms with van der Waals surface area (Å²) in [5.74, 6) is 0.0889. The molecule has 1 fully saturated rings. The van der Waals surface area contributed by atoms with Crippen LogP contribution in [0.25, 0.3) is 0 Å². The van der Waals surface area contributed by atoms with E-state index in [2.05, 4.69) is 29.6 Å². The summed E-state index contributed by atoms with van der Waals surface area (Å²) in [4.78, 5) is 12.5. The minimum Gasteiger partial charge on any atom is -0.348 e. The van der Waals surface area contributed by atoms with Crippen LogP contribution < -0.4 is 10.2 Å². The van der Waals surface area contributed by atoms with Crippen molar-refractivity contribution < 1.29 is 9.69 Å². The molecule has 0 saturated carbocycles. The molecule has 1 aliphatic heterocycles. The van der Waals surface area contributed by atoms with Crippen molar-refractivity contribution in [3.8, 4) is 0 Å². The molecular weight excluding hydrogens is 200 g/mol. The van der Waals surface area contributed by atoms with Gasteiger partial charge in [0.1, 0.15) is 6.54 Å². The number of hydrogen-bond donors (Lipinski definition) is 2. The van der Waals surface area contributed by atoms with Gasteiger partial charge in [-0.3, -0.25) is 4.79 Å². The van der Waals surface area contributed by atoms with Crippen LogP contribution in [0.2, 0.25) is 0 Å². The van der Waals surface area contributed by atoms with Crippen molar-refractivity contribution >= 4 is 5.91 Å². The first-order valence-corrected chi connectivity index (χ1v) is 5.88. The summed E-state index contributed by atoms with van der Waals surface area (Å²) in [6.45, 7) is 4.86. The van der Waals surface area contributed by atoms with Crippen LogP contribution in [-0.2, 0) is 11.3 Å². The summed E-state index contributed by atoms with van der Waals surface area (Å²) in [6.07, 6.45) is 1.10. The highest BCUT2D eigenvalue weighted by atomic mass is 16.1. The Hall–Kier alpha value is -1.35. The third-order valence-corrected chi connectivity index (χ3v) is 3.09. The third kappa shape index (κ3) is 3.07. The second-order valence-electron chi connectivity index (χ2n) is 4.55. The fraction of sp³-hybridized carbons (Fsp3) is 0.462. The minimum absolute atomic E-state index is 0.0889. The van der Waals surface area contributed by atoms with Crippen LogP contribution in [0.1, 0.15) is 18.9 Å². The molecule has 1 unspecified atom stereocenters. The van der Waals surface area contributed by atoms with Crippen LogP contribution in [0.4, 0.5) is 0 Å². The molecule has 3 nitrogen and oxygen atoms in total. The van der Waals surface area contributed by atoms with Gasteiger partial charge in [0.05, 0.1) is 19.1 Å². The van der Waals surface area contributed by atoms with E-state index < -0.39 is 0 Å². The Kier molecular flexibility index (Phi) is 3.57. The highest BCUT2D eigenvalue weighted by Gasteiger charge is 2.26. The van der Waals surface area contributed by atoms with Crippen LogP contribution in [0.5, 0.6) is 0 Å². The number of benzene rings is 1. The Labute approximate surface area is 96.5 Å². The average molecular weight is 219 g/mol. The van der Waals surface area contributed by atoms with Gasteiger partial charge >= 0.3 is 0 Å². The number of nitrogens with one attached hydrogen (secondary N) is 2. The van der Waals surface area contributed by atoms with E-state index in [0.717, 1.165) is 26.1 Å². The maximum absolute atomic E-state index is 10.9. The zero-order chi connectivity index (χ0) is 11.4. The Morgan fingerprint density at radius 3 is 2.88 bits per heavy atom. The smallest absolute Gasteiger partial charge is 0.217 e.